The third-order valence-electron chi connectivity index (χ3n) is 2.90. The van der Waals surface area contributed by atoms with Gasteiger partial charge in [0, 0.05) is 6.04 Å². The molecule has 4 heteroatoms. The first-order valence-electron chi connectivity index (χ1n) is 6.36. The molecule has 1 aromatic heterocycles. The molecule has 1 atom stereocenters. The van der Waals surface area contributed by atoms with Gasteiger partial charge in [-0.25, -0.2) is 4.98 Å². The summed E-state index contributed by atoms with van der Waals surface area (Å²) in [7, 11) is 0. The summed E-state index contributed by atoms with van der Waals surface area (Å²) in [6.45, 7) is 6.25. The van der Waals surface area contributed by atoms with Crippen LogP contribution in [-0.4, -0.2) is 16.0 Å². The molecule has 0 bridgehead atoms. The maximum absolute atomic E-state index is 12.0. The molecular formula is C14H19N3O. The van der Waals surface area contributed by atoms with Gasteiger partial charge in [0.05, 0.1) is 16.9 Å². The molecule has 18 heavy (non-hydrogen) atoms. The molecule has 2 rings (SSSR count). The van der Waals surface area contributed by atoms with Crippen LogP contribution >= 0.6 is 0 Å². The topological polar surface area (TPSA) is 57.8 Å². The van der Waals surface area contributed by atoms with E-state index in [0.717, 1.165) is 17.8 Å². The molecule has 2 N–H and O–H groups in total. The summed E-state index contributed by atoms with van der Waals surface area (Å²) in [5.41, 5.74) is 0.680. The number of benzene rings is 1. The molecule has 0 amide bonds. The number of hydrogen-bond acceptors (Lipinski definition) is 3. The highest BCUT2D eigenvalue weighted by Gasteiger charge is 2.14. The second-order valence-electron chi connectivity index (χ2n) is 4.75. The summed E-state index contributed by atoms with van der Waals surface area (Å²) in [5.74, 6) is 0.718. The van der Waals surface area contributed by atoms with Crippen LogP contribution in [0.3, 0.4) is 0 Å². The summed E-state index contributed by atoms with van der Waals surface area (Å²) < 4.78 is 0. The number of nitrogens with zero attached hydrogens (tertiary/aromatic N) is 1. The molecule has 0 aliphatic carbocycles. The number of fused-ring (bicyclic) bond motifs is 1. The molecule has 1 heterocycles. The fourth-order valence-electron chi connectivity index (χ4n) is 2.06. The Hall–Kier alpha value is -1.68. The van der Waals surface area contributed by atoms with E-state index in [1.54, 1.807) is 6.07 Å². The highest BCUT2D eigenvalue weighted by atomic mass is 16.1. The SMILES string of the molecule is CC[C@@H](NC(C)C)c1nc2ccccc2c(=O)[nH]1. The number of hydrogen-bond donors (Lipinski definition) is 2. The Morgan fingerprint density at radius 1 is 1.33 bits per heavy atom. The maximum atomic E-state index is 12.0. The highest BCUT2D eigenvalue weighted by Crippen LogP contribution is 2.14. The van der Waals surface area contributed by atoms with Gasteiger partial charge in [0.1, 0.15) is 5.82 Å². The Balaban J connectivity index is 2.48. The van der Waals surface area contributed by atoms with Crippen molar-refractivity contribution in [1.29, 1.82) is 0 Å². The van der Waals surface area contributed by atoms with E-state index >= 15 is 0 Å². The van der Waals surface area contributed by atoms with Crippen molar-refractivity contribution in [3.63, 3.8) is 0 Å². The van der Waals surface area contributed by atoms with Crippen molar-refractivity contribution in [2.45, 2.75) is 39.3 Å². The van der Waals surface area contributed by atoms with E-state index in [4.69, 9.17) is 0 Å². The number of H-pyrrole nitrogens is 1. The number of para-hydroxylation sites is 1. The summed E-state index contributed by atoms with van der Waals surface area (Å²) >= 11 is 0. The van der Waals surface area contributed by atoms with E-state index in [0.29, 0.717) is 11.4 Å². The van der Waals surface area contributed by atoms with Crippen molar-refractivity contribution in [3.8, 4) is 0 Å². The monoisotopic (exact) mass is 245 g/mol. The predicted octanol–water partition coefficient (Wildman–Crippen LogP) is 2.37. The van der Waals surface area contributed by atoms with E-state index in [2.05, 4.69) is 36.1 Å². The third kappa shape index (κ3) is 2.59. The zero-order valence-electron chi connectivity index (χ0n) is 11.0. The van der Waals surface area contributed by atoms with Gasteiger partial charge in [-0.3, -0.25) is 4.79 Å². The average Bonchev–Trinajstić information content (AvgIpc) is 2.35. The maximum Gasteiger partial charge on any atom is 0.258 e. The van der Waals surface area contributed by atoms with Gasteiger partial charge in [0.25, 0.3) is 5.56 Å². The van der Waals surface area contributed by atoms with Gasteiger partial charge >= 0.3 is 0 Å². The van der Waals surface area contributed by atoms with Crippen LogP contribution in [0.5, 0.6) is 0 Å². The van der Waals surface area contributed by atoms with Crippen LogP contribution in [-0.2, 0) is 0 Å². The fourth-order valence-corrected chi connectivity index (χ4v) is 2.06. The Labute approximate surface area is 106 Å². The van der Waals surface area contributed by atoms with Crippen molar-refractivity contribution < 1.29 is 0 Å². The third-order valence-corrected chi connectivity index (χ3v) is 2.90. The lowest BCUT2D eigenvalue weighted by molar-refractivity contribution is 0.448. The molecule has 0 unspecified atom stereocenters. The molecule has 0 saturated heterocycles. The van der Waals surface area contributed by atoms with Gasteiger partial charge in [0.15, 0.2) is 0 Å². The lowest BCUT2D eigenvalue weighted by atomic mass is 10.1. The van der Waals surface area contributed by atoms with Gasteiger partial charge in [-0.05, 0) is 18.6 Å². The first kappa shape index (κ1) is 12.8. The van der Waals surface area contributed by atoms with Crippen LogP contribution < -0.4 is 10.9 Å². The van der Waals surface area contributed by atoms with E-state index in [1.807, 2.05) is 18.2 Å². The smallest absolute Gasteiger partial charge is 0.258 e. The van der Waals surface area contributed by atoms with Crippen molar-refractivity contribution >= 4 is 10.9 Å². The summed E-state index contributed by atoms with van der Waals surface area (Å²) in [6, 6.07) is 7.85. The summed E-state index contributed by atoms with van der Waals surface area (Å²) in [5, 5.41) is 4.04. The predicted molar refractivity (Wildman–Crippen MR) is 73.7 cm³/mol. The van der Waals surface area contributed by atoms with Crippen LogP contribution in [0.4, 0.5) is 0 Å². The van der Waals surface area contributed by atoms with Gasteiger partial charge in [-0.15, -0.1) is 0 Å². The minimum Gasteiger partial charge on any atom is -0.309 e. The Morgan fingerprint density at radius 2 is 2.06 bits per heavy atom. The Bertz CT molecular complexity index is 589. The summed E-state index contributed by atoms with van der Waals surface area (Å²) in [4.78, 5) is 19.4. The molecule has 0 fully saturated rings. The molecular weight excluding hydrogens is 226 g/mol. The molecule has 0 radical (unpaired) electrons. The van der Waals surface area contributed by atoms with E-state index in [9.17, 15) is 4.79 Å². The highest BCUT2D eigenvalue weighted by molar-refractivity contribution is 5.77. The number of rotatable bonds is 4. The van der Waals surface area contributed by atoms with Crippen molar-refractivity contribution in [3.05, 3.63) is 40.4 Å². The standard InChI is InChI=1S/C14H19N3O/c1-4-11(15-9(2)3)13-16-12-8-6-5-7-10(12)14(18)17-13/h5-9,11,15H,4H2,1-3H3,(H,16,17,18)/t11-/m1/s1. The number of nitrogens with one attached hydrogen (secondary N) is 2. The van der Waals surface area contributed by atoms with E-state index in [-0.39, 0.29) is 11.6 Å². The average molecular weight is 245 g/mol. The van der Waals surface area contributed by atoms with Gasteiger partial charge in [0.2, 0.25) is 0 Å². The largest absolute Gasteiger partial charge is 0.309 e. The number of aromatic amines is 1. The quantitative estimate of drug-likeness (QED) is 0.869. The van der Waals surface area contributed by atoms with Gasteiger partial charge in [-0.1, -0.05) is 32.9 Å². The molecule has 0 aliphatic heterocycles. The first-order valence-corrected chi connectivity index (χ1v) is 6.36. The van der Waals surface area contributed by atoms with Gasteiger partial charge in [-0.2, -0.15) is 0 Å². The minimum absolute atomic E-state index is 0.0698. The minimum atomic E-state index is -0.0698. The zero-order chi connectivity index (χ0) is 13.1. The van der Waals surface area contributed by atoms with E-state index < -0.39 is 0 Å². The normalized spacial score (nSPS) is 13.1. The van der Waals surface area contributed by atoms with E-state index in [1.165, 1.54) is 0 Å². The van der Waals surface area contributed by atoms with Crippen molar-refractivity contribution in [2.24, 2.45) is 0 Å². The Morgan fingerprint density at radius 3 is 2.72 bits per heavy atom. The van der Waals surface area contributed by atoms with Crippen LogP contribution in [0.1, 0.15) is 39.1 Å². The molecule has 2 aromatic rings. The molecule has 0 saturated carbocycles. The second kappa shape index (κ2) is 5.31. The lowest BCUT2D eigenvalue weighted by Gasteiger charge is -2.19. The molecule has 96 valence electrons. The van der Waals surface area contributed by atoms with Crippen LogP contribution in [0.15, 0.2) is 29.1 Å². The van der Waals surface area contributed by atoms with Gasteiger partial charge < -0.3 is 10.3 Å². The van der Waals surface area contributed by atoms with Crippen LogP contribution in [0.25, 0.3) is 10.9 Å². The molecule has 1 aromatic carbocycles. The molecule has 0 spiro atoms. The summed E-state index contributed by atoms with van der Waals surface area (Å²) in [6.07, 6.45) is 0.888. The number of aromatic nitrogens is 2. The van der Waals surface area contributed by atoms with Crippen molar-refractivity contribution in [1.82, 2.24) is 15.3 Å². The Kier molecular flexibility index (Phi) is 3.77. The van der Waals surface area contributed by atoms with Crippen LogP contribution in [0.2, 0.25) is 0 Å². The molecule has 4 nitrogen and oxygen atoms in total. The fraction of sp³-hybridized carbons (Fsp3) is 0.429. The van der Waals surface area contributed by atoms with Crippen LogP contribution in [0, 0.1) is 0 Å². The molecule has 0 aliphatic rings. The van der Waals surface area contributed by atoms with Crippen molar-refractivity contribution in [2.75, 3.05) is 0 Å². The second-order valence-corrected chi connectivity index (χ2v) is 4.75. The lowest BCUT2D eigenvalue weighted by Crippen LogP contribution is -2.30. The first-order chi connectivity index (χ1) is 8.61. The zero-order valence-corrected chi connectivity index (χ0v) is 11.0.